The van der Waals surface area contributed by atoms with Crippen molar-refractivity contribution in [2.75, 3.05) is 0 Å². The molecule has 2 N–H and O–H groups in total. The monoisotopic (exact) mass is 1180 g/mol. The number of aliphatic hydroxyl groups is 1. The van der Waals surface area contributed by atoms with Crippen LogP contribution in [0.25, 0.3) is 43.6 Å². The number of hydrogen-bond acceptors (Lipinski definition) is 9. The van der Waals surface area contributed by atoms with Crippen LogP contribution < -0.4 is 0 Å². The minimum Gasteiger partial charge on any atom is -0.392 e. The number of alkyl halides is 1. The first-order valence-electron chi connectivity index (χ1n) is 23.3. The third kappa shape index (κ3) is 11.5. The largest absolute Gasteiger partial charge is 0.392 e. The van der Waals surface area contributed by atoms with Crippen molar-refractivity contribution in [2.24, 2.45) is 0 Å². The highest BCUT2D eigenvalue weighted by Crippen LogP contribution is 2.31. The molecule has 21 heteroatoms. The van der Waals surface area contributed by atoms with E-state index in [9.17, 15) is 57.5 Å². The Morgan fingerprint density at radius 1 is 0.462 bits per heavy atom. The van der Waals surface area contributed by atoms with E-state index < -0.39 is 41.7 Å². The number of fused-ring (bicyclic) bond motifs is 4. The van der Waals surface area contributed by atoms with Crippen LogP contribution in [0.4, 0.5) is 17.6 Å². The van der Waals surface area contributed by atoms with Gasteiger partial charge in [-0.1, -0.05) is 69.0 Å². The second-order valence-electron chi connectivity index (χ2n) is 17.7. The molecule has 0 saturated carbocycles. The average molecular weight is 1180 g/mol. The molecule has 0 aliphatic heterocycles. The fourth-order valence-electron chi connectivity index (χ4n) is 8.28. The number of aldehydes is 2. The maximum Gasteiger partial charge on any atom is 0.268 e. The summed E-state index contributed by atoms with van der Waals surface area (Å²) in [5.41, 5.74) is 6.44. The second-order valence-corrected chi connectivity index (χ2v) is 23.7. The standard InChI is InChI=1S/C16H13BrFNO2S.C16H14FNO3S.C16H12FNO3S.C9H6FNO/c1-11-2-5-14(6-3-11)22(20,21)19-10-12(9-17)15-8-13(18)4-7-16(15)19;2*1-11-2-5-14(6-3-11)22(20,21)18-9-12(10-19)15-8-13(17)4-7-16(15)18;10-7-1-2-9-8(3-7)6(5-12)4-11-9/h2-8,10H,9H2,1H3;2-9,19H,10H2,1H3;2-10H,1H3;1-5,11H. The van der Waals surface area contributed by atoms with Gasteiger partial charge in [0.15, 0.2) is 12.6 Å². The molecule has 7 aromatic carbocycles. The van der Waals surface area contributed by atoms with Gasteiger partial charge in [0.25, 0.3) is 30.1 Å². The van der Waals surface area contributed by atoms with Crippen LogP contribution in [-0.2, 0) is 42.0 Å². The number of halogens is 5. The summed E-state index contributed by atoms with van der Waals surface area (Å²) in [4.78, 5) is 24.9. The Morgan fingerprint density at radius 2 is 0.808 bits per heavy atom. The third-order valence-electron chi connectivity index (χ3n) is 12.4. The number of hydrogen-bond donors (Lipinski definition) is 2. The van der Waals surface area contributed by atoms with Crippen molar-refractivity contribution in [3.8, 4) is 0 Å². The summed E-state index contributed by atoms with van der Waals surface area (Å²) in [7, 11) is -11.4. The Balaban J connectivity index is 0.000000140. The molecule has 0 saturated heterocycles. The van der Waals surface area contributed by atoms with E-state index in [1.54, 1.807) is 60.8 Å². The smallest absolute Gasteiger partial charge is 0.268 e. The topological polar surface area (TPSA) is 187 Å². The molecule has 11 rings (SSSR count). The molecule has 0 bridgehead atoms. The van der Waals surface area contributed by atoms with Crippen LogP contribution in [0.5, 0.6) is 0 Å². The van der Waals surface area contributed by atoms with Crippen molar-refractivity contribution in [3.63, 3.8) is 0 Å². The minimum atomic E-state index is -3.85. The zero-order chi connectivity index (χ0) is 56.3. The minimum absolute atomic E-state index is 0.108. The summed E-state index contributed by atoms with van der Waals surface area (Å²) in [6.07, 6.45) is 6.87. The molecule has 13 nitrogen and oxygen atoms in total. The predicted octanol–water partition coefficient (Wildman–Crippen LogP) is 12.3. The average Bonchev–Trinajstić information content (AvgIpc) is 4.28. The Kier molecular flexibility index (Phi) is 16.5. The van der Waals surface area contributed by atoms with E-state index in [1.165, 1.54) is 101 Å². The number of aromatic nitrogens is 4. The number of nitrogens with zero attached hydrogens (tertiary/aromatic N) is 3. The summed E-state index contributed by atoms with van der Waals surface area (Å²) in [6.45, 7) is 5.26. The normalized spacial score (nSPS) is 11.7. The van der Waals surface area contributed by atoms with E-state index in [1.807, 2.05) is 20.8 Å². The van der Waals surface area contributed by atoms with E-state index in [0.29, 0.717) is 56.2 Å². The van der Waals surface area contributed by atoms with Crippen LogP contribution in [0.3, 0.4) is 0 Å². The van der Waals surface area contributed by atoms with E-state index in [4.69, 9.17) is 0 Å². The molecule has 0 atom stereocenters. The van der Waals surface area contributed by atoms with Gasteiger partial charge in [0.1, 0.15) is 23.3 Å². The number of rotatable bonds is 10. The lowest BCUT2D eigenvalue weighted by Crippen LogP contribution is -2.11. The summed E-state index contributed by atoms with van der Waals surface area (Å²) in [5.74, 6) is -1.72. The molecule has 4 aromatic heterocycles. The Labute approximate surface area is 453 Å². The van der Waals surface area contributed by atoms with Crippen LogP contribution in [-0.4, -0.2) is 59.8 Å². The molecule has 0 amide bonds. The first-order chi connectivity index (χ1) is 37.1. The molecule has 0 unspecified atom stereocenters. The highest BCUT2D eigenvalue weighted by molar-refractivity contribution is 9.08. The Hall–Kier alpha value is -7.95. The summed E-state index contributed by atoms with van der Waals surface area (Å²) >= 11 is 3.32. The number of aliphatic hydroxyl groups excluding tert-OH is 1. The van der Waals surface area contributed by atoms with Gasteiger partial charge in [-0.2, -0.15) is 0 Å². The number of benzene rings is 7. The van der Waals surface area contributed by atoms with E-state index >= 15 is 0 Å². The SMILES string of the molecule is Cc1ccc(S(=O)(=O)n2cc(C=O)c3cc(F)ccc32)cc1.Cc1ccc(S(=O)(=O)n2cc(CBr)c3cc(F)ccc32)cc1.Cc1ccc(S(=O)(=O)n2cc(CO)c3cc(F)ccc32)cc1.O=Cc1c[nH]c2ccc(F)cc12. The van der Waals surface area contributed by atoms with E-state index in [0.717, 1.165) is 47.8 Å². The number of aryl methyl sites for hydroxylation is 3. The molecular formula is C57H45BrF4N4O9S3. The maximum atomic E-state index is 13.5. The molecule has 400 valence electrons. The second kappa shape index (κ2) is 22.9. The van der Waals surface area contributed by atoms with Gasteiger partial charge in [-0.3, -0.25) is 9.59 Å². The Bertz CT molecular complexity index is 4250. The van der Waals surface area contributed by atoms with Crippen LogP contribution in [0.15, 0.2) is 185 Å². The van der Waals surface area contributed by atoms with Crippen molar-refractivity contribution in [1.29, 1.82) is 0 Å². The van der Waals surface area contributed by atoms with Crippen molar-refractivity contribution in [3.05, 3.63) is 233 Å². The van der Waals surface area contributed by atoms with Crippen LogP contribution in [0, 0.1) is 44.0 Å². The van der Waals surface area contributed by atoms with Gasteiger partial charge in [0.2, 0.25) is 0 Å². The number of H-pyrrole nitrogens is 1. The Morgan fingerprint density at radius 3 is 1.21 bits per heavy atom. The summed E-state index contributed by atoms with van der Waals surface area (Å²) < 4.78 is 133. The number of nitrogens with one attached hydrogen (secondary N) is 1. The molecule has 0 radical (unpaired) electrons. The van der Waals surface area contributed by atoms with Crippen LogP contribution in [0.2, 0.25) is 0 Å². The number of carbonyl (C=O) groups is 2. The first-order valence-corrected chi connectivity index (χ1v) is 28.8. The van der Waals surface area contributed by atoms with Crippen molar-refractivity contribution >= 4 is 102 Å². The lowest BCUT2D eigenvalue weighted by molar-refractivity contribution is 0.111. The fourth-order valence-corrected chi connectivity index (χ4v) is 12.9. The van der Waals surface area contributed by atoms with Gasteiger partial charge in [0.05, 0.1) is 37.8 Å². The highest BCUT2D eigenvalue weighted by Gasteiger charge is 2.24. The van der Waals surface area contributed by atoms with E-state index in [-0.39, 0.29) is 49.4 Å². The van der Waals surface area contributed by atoms with Gasteiger partial charge < -0.3 is 10.1 Å². The van der Waals surface area contributed by atoms with Gasteiger partial charge in [-0.25, -0.2) is 54.7 Å². The predicted molar refractivity (Wildman–Crippen MR) is 295 cm³/mol. The number of carbonyl (C=O) groups excluding carboxylic acids is 2. The van der Waals surface area contributed by atoms with Crippen LogP contribution >= 0.6 is 15.9 Å². The maximum absolute atomic E-state index is 13.5. The molecule has 11 aromatic rings. The molecule has 78 heavy (non-hydrogen) atoms. The molecule has 0 aliphatic rings. The zero-order valence-corrected chi connectivity index (χ0v) is 45.4. The van der Waals surface area contributed by atoms with Gasteiger partial charge >= 0.3 is 0 Å². The van der Waals surface area contributed by atoms with Crippen molar-refractivity contribution in [1.82, 2.24) is 16.9 Å². The van der Waals surface area contributed by atoms with Crippen molar-refractivity contribution < 1.29 is 57.5 Å². The summed E-state index contributed by atoms with van der Waals surface area (Å²) in [5, 5.41) is 11.7. The molecule has 4 heterocycles. The third-order valence-corrected chi connectivity index (χ3v) is 18.0. The molecule has 0 fully saturated rings. The van der Waals surface area contributed by atoms with Gasteiger partial charge in [-0.05, 0) is 136 Å². The van der Waals surface area contributed by atoms with Gasteiger partial charge in [-0.15, -0.1) is 0 Å². The summed E-state index contributed by atoms with van der Waals surface area (Å²) in [6, 6.07) is 35.4. The lowest BCUT2D eigenvalue weighted by atomic mass is 10.2. The molecular weight excluding hydrogens is 1140 g/mol. The molecule has 0 aliphatic carbocycles. The first kappa shape index (κ1) is 56.3. The molecule has 0 spiro atoms. The zero-order valence-electron chi connectivity index (χ0n) is 41.4. The van der Waals surface area contributed by atoms with Crippen LogP contribution in [0.1, 0.15) is 48.5 Å². The highest BCUT2D eigenvalue weighted by atomic mass is 79.9. The lowest BCUT2D eigenvalue weighted by Gasteiger charge is -2.07. The number of aromatic amines is 1. The fraction of sp³-hybridized carbons (Fsp3) is 0.0877. The quantitative estimate of drug-likeness (QED) is 0.0763. The van der Waals surface area contributed by atoms with Crippen molar-refractivity contribution in [2.45, 2.75) is 47.4 Å². The van der Waals surface area contributed by atoms with Gasteiger partial charge in [0, 0.05) is 73.9 Å². The van der Waals surface area contributed by atoms with E-state index in [2.05, 4.69) is 20.9 Å².